The van der Waals surface area contributed by atoms with E-state index < -0.39 is 0 Å². The Hall–Kier alpha value is -3.65. The van der Waals surface area contributed by atoms with E-state index in [0.29, 0.717) is 0 Å². The van der Waals surface area contributed by atoms with Crippen molar-refractivity contribution in [3.63, 3.8) is 0 Å². The van der Waals surface area contributed by atoms with Gasteiger partial charge in [0.05, 0.1) is 0 Å². The first kappa shape index (κ1) is 26.0. The summed E-state index contributed by atoms with van der Waals surface area (Å²) in [5.74, 6) is 0. The van der Waals surface area contributed by atoms with E-state index in [1.807, 2.05) is 0 Å². The van der Waals surface area contributed by atoms with Gasteiger partial charge in [0, 0.05) is 0 Å². The molecule has 2 heteroatoms. The van der Waals surface area contributed by atoms with Gasteiger partial charge in [0.1, 0.15) is 0 Å². The van der Waals surface area contributed by atoms with Crippen LogP contribution in [0.4, 0.5) is 0 Å². The monoisotopic (exact) mass is 496 g/mol. The zero-order chi connectivity index (χ0) is 24.9. The van der Waals surface area contributed by atoms with Gasteiger partial charge >= 0.3 is 18.9 Å². The maximum atomic E-state index is 2.33. The van der Waals surface area contributed by atoms with Crippen molar-refractivity contribution in [2.75, 3.05) is 0 Å². The minimum atomic E-state index is 0. The Bertz CT molecular complexity index is 1370. The average Bonchev–Trinajstić information content (AvgIpc) is 2.99. The average molecular weight is 497 g/mol. The van der Waals surface area contributed by atoms with Crippen LogP contribution < -0.4 is 29.5 Å². The molecule has 0 aliphatic carbocycles. The molecule has 6 aromatic carbocycles. The van der Waals surface area contributed by atoms with Crippen molar-refractivity contribution < 1.29 is 18.9 Å². The van der Waals surface area contributed by atoms with Crippen LogP contribution in [0.15, 0.2) is 158 Å². The molecule has 0 radical (unpaired) electrons. The minimum absolute atomic E-state index is 0. The fourth-order valence-corrected chi connectivity index (χ4v) is 5.80. The van der Waals surface area contributed by atoms with E-state index in [9.17, 15) is 0 Å². The summed E-state index contributed by atoms with van der Waals surface area (Å²) in [6, 6.07) is 56.6. The third kappa shape index (κ3) is 6.07. The van der Waals surface area contributed by atoms with E-state index in [2.05, 4.69) is 158 Å². The molecule has 38 heavy (non-hydrogen) atoms. The van der Waals surface area contributed by atoms with Gasteiger partial charge in [-0.2, -0.15) is 10.6 Å². The first-order valence-corrected chi connectivity index (χ1v) is 13.4. The molecule has 176 valence electrons. The Kier molecular flexibility index (Phi) is 8.38. The number of rotatable bonds is 6. The summed E-state index contributed by atoms with van der Waals surface area (Å²) >= 11 is 0. The quantitative estimate of drug-likeness (QED) is 0.189. The van der Waals surface area contributed by atoms with Crippen LogP contribution in [0, 0.1) is 0 Å². The van der Waals surface area contributed by atoms with E-state index in [4.69, 9.17) is 0 Å². The van der Waals surface area contributed by atoms with E-state index in [1.54, 1.807) is 0 Å². The molecule has 0 aromatic heterocycles. The smallest absolute Gasteiger partial charge is 0.472 e. The number of hydrogen-bond donors (Lipinski definition) is 0. The summed E-state index contributed by atoms with van der Waals surface area (Å²) in [6.07, 6.45) is 0. The molecule has 0 fully saturated rings. The zero-order valence-electron chi connectivity index (χ0n) is 21.5. The molecule has 0 nitrogen and oxygen atoms in total. The van der Waals surface area contributed by atoms with Gasteiger partial charge in [-0.1, -0.05) is 146 Å². The Morgan fingerprint density at radius 1 is 0.263 bits per heavy atom. The summed E-state index contributed by atoms with van der Waals surface area (Å²) in [7, 11) is 1.18. The fraction of sp³-hybridized carbons (Fsp3) is 0. The Balaban J connectivity index is 0.00000294. The molecule has 0 saturated heterocycles. The van der Waals surface area contributed by atoms with Crippen molar-refractivity contribution in [3.8, 4) is 44.5 Å². The fourth-order valence-electron chi connectivity index (χ4n) is 4.69. The van der Waals surface area contributed by atoms with Crippen LogP contribution in [0.25, 0.3) is 44.5 Å². The van der Waals surface area contributed by atoms with Crippen LogP contribution in [-0.2, 0) is 0 Å². The molecule has 6 rings (SSSR count). The van der Waals surface area contributed by atoms with Crippen LogP contribution in [-0.4, -0.2) is 0 Å². The molecule has 0 unspecified atom stereocenters. The maximum absolute atomic E-state index is 2.33. The van der Waals surface area contributed by atoms with Crippen molar-refractivity contribution >= 4 is 19.2 Å². The topological polar surface area (TPSA) is 0 Å². The van der Waals surface area contributed by atoms with Crippen molar-refractivity contribution in [1.82, 2.24) is 0 Å². The van der Waals surface area contributed by atoms with Crippen molar-refractivity contribution in [3.05, 3.63) is 158 Å². The van der Waals surface area contributed by atoms with E-state index >= 15 is 0 Å². The SMILES string of the molecule is [Li+].c1ccc(-c2cc([P-]c3cc(-c4ccccc4)cc(-c4ccccc4)c3)cc(-c3ccccc3)c2)cc1. The minimum Gasteiger partial charge on any atom is -0.472 e. The molecular weight excluding hydrogens is 470 g/mol. The molecule has 0 N–H and O–H groups in total. The number of hydrogen-bond acceptors (Lipinski definition) is 0. The van der Waals surface area contributed by atoms with E-state index in [1.165, 1.54) is 63.7 Å². The standard InChI is InChI=1S/C36H26P.Li/c1-5-13-27(14-6-1)31-21-32(28-15-7-2-8-16-28)24-35(23-31)37-36-25-33(29-17-9-3-10-18-29)22-34(26-36)30-19-11-4-12-20-30;/h1-26H;/q-1;+1. The molecule has 0 aliphatic heterocycles. The Labute approximate surface area is 239 Å². The summed E-state index contributed by atoms with van der Waals surface area (Å²) in [4.78, 5) is 0. The third-order valence-corrected chi connectivity index (χ3v) is 7.56. The second-order valence-corrected chi connectivity index (χ2v) is 10.4. The van der Waals surface area contributed by atoms with Gasteiger partial charge in [-0.25, -0.2) is 0 Å². The molecular formula is C36H26LiP. The number of benzene rings is 6. The van der Waals surface area contributed by atoms with Crippen LogP contribution in [0.2, 0.25) is 0 Å². The Morgan fingerprint density at radius 3 is 0.737 bits per heavy atom. The van der Waals surface area contributed by atoms with Gasteiger partial charge in [-0.05, 0) is 56.6 Å². The van der Waals surface area contributed by atoms with Gasteiger partial charge < -0.3 is 8.58 Å². The molecule has 0 heterocycles. The normalized spacial score (nSPS) is 10.5. The van der Waals surface area contributed by atoms with Gasteiger partial charge in [0.15, 0.2) is 0 Å². The summed E-state index contributed by atoms with van der Waals surface area (Å²) in [5.41, 5.74) is 9.91. The molecule has 0 aliphatic rings. The summed E-state index contributed by atoms with van der Waals surface area (Å²) in [5, 5.41) is 2.56. The van der Waals surface area contributed by atoms with Crippen LogP contribution in [0.3, 0.4) is 0 Å². The molecule has 0 bridgehead atoms. The summed E-state index contributed by atoms with van der Waals surface area (Å²) < 4.78 is 0. The largest absolute Gasteiger partial charge is 1.00 e. The first-order valence-electron chi connectivity index (χ1n) is 12.6. The van der Waals surface area contributed by atoms with Gasteiger partial charge in [0.25, 0.3) is 0 Å². The molecule has 0 amide bonds. The second kappa shape index (κ2) is 12.3. The van der Waals surface area contributed by atoms with Crippen molar-refractivity contribution in [2.45, 2.75) is 0 Å². The molecule has 6 aromatic rings. The predicted octanol–water partition coefficient (Wildman–Crippen LogP) is 6.26. The Morgan fingerprint density at radius 2 is 0.500 bits per heavy atom. The van der Waals surface area contributed by atoms with Gasteiger partial charge in [-0.15, -0.1) is 0 Å². The maximum Gasteiger partial charge on any atom is 1.00 e. The second-order valence-electron chi connectivity index (χ2n) is 9.11. The van der Waals surface area contributed by atoms with Gasteiger partial charge in [0.2, 0.25) is 0 Å². The van der Waals surface area contributed by atoms with Crippen molar-refractivity contribution in [2.24, 2.45) is 0 Å². The first-order chi connectivity index (χ1) is 18.3. The third-order valence-electron chi connectivity index (χ3n) is 6.52. The van der Waals surface area contributed by atoms with Crippen LogP contribution in [0.5, 0.6) is 0 Å². The predicted molar refractivity (Wildman–Crippen MR) is 161 cm³/mol. The summed E-state index contributed by atoms with van der Waals surface area (Å²) in [6.45, 7) is 0. The molecule has 0 spiro atoms. The van der Waals surface area contributed by atoms with Crippen molar-refractivity contribution in [1.29, 1.82) is 0 Å². The van der Waals surface area contributed by atoms with E-state index in [0.717, 1.165) is 0 Å². The van der Waals surface area contributed by atoms with E-state index in [-0.39, 0.29) is 18.9 Å². The van der Waals surface area contributed by atoms with Crippen LogP contribution >= 0.6 is 8.58 Å². The molecule has 0 atom stereocenters. The molecule has 0 saturated carbocycles. The van der Waals surface area contributed by atoms with Gasteiger partial charge in [-0.3, -0.25) is 0 Å². The van der Waals surface area contributed by atoms with Crippen LogP contribution in [0.1, 0.15) is 0 Å². The zero-order valence-corrected chi connectivity index (χ0v) is 22.4.